The lowest BCUT2D eigenvalue weighted by Crippen LogP contribution is -2.45. The van der Waals surface area contributed by atoms with Crippen LogP contribution in [0.15, 0.2) is 35.1 Å². The summed E-state index contributed by atoms with van der Waals surface area (Å²) in [6.07, 6.45) is 1.44. The highest BCUT2D eigenvalue weighted by Gasteiger charge is 2.22. The molecule has 1 fully saturated rings. The number of rotatable bonds is 4. The Morgan fingerprint density at radius 3 is 2.41 bits per heavy atom. The fourth-order valence-electron chi connectivity index (χ4n) is 3.36. The Balaban J connectivity index is 1.56. The number of halogens is 2. The summed E-state index contributed by atoms with van der Waals surface area (Å²) in [7, 11) is 1.64. The highest BCUT2D eigenvalue weighted by atomic mass is 19.1. The summed E-state index contributed by atoms with van der Waals surface area (Å²) in [6.45, 7) is 3.68. The number of benzene rings is 1. The van der Waals surface area contributed by atoms with E-state index >= 15 is 0 Å². The second-order valence-electron chi connectivity index (χ2n) is 7.05. The third kappa shape index (κ3) is 4.60. The van der Waals surface area contributed by atoms with Gasteiger partial charge in [-0.1, -0.05) is 0 Å². The van der Waals surface area contributed by atoms with Gasteiger partial charge in [0.05, 0.1) is 0 Å². The van der Waals surface area contributed by atoms with Crippen molar-refractivity contribution in [3.63, 3.8) is 0 Å². The minimum atomic E-state index is -0.577. The first-order valence-electron chi connectivity index (χ1n) is 8.98. The number of carbonyl (C=O) groups is 1. The van der Waals surface area contributed by atoms with E-state index < -0.39 is 11.6 Å². The maximum absolute atomic E-state index is 13.3. The van der Waals surface area contributed by atoms with Crippen LogP contribution in [0.1, 0.15) is 34.5 Å². The fourth-order valence-corrected chi connectivity index (χ4v) is 3.36. The Kier molecular flexibility index (Phi) is 5.70. The molecule has 0 aliphatic carbocycles. The van der Waals surface area contributed by atoms with Crippen LogP contribution in [0.4, 0.5) is 8.78 Å². The monoisotopic (exact) mass is 375 g/mol. The van der Waals surface area contributed by atoms with Crippen LogP contribution in [0.3, 0.4) is 0 Å². The van der Waals surface area contributed by atoms with Gasteiger partial charge in [0.15, 0.2) is 0 Å². The van der Waals surface area contributed by atoms with E-state index in [1.165, 1.54) is 16.7 Å². The van der Waals surface area contributed by atoms with Crippen molar-refractivity contribution < 1.29 is 13.6 Å². The third-order valence-electron chi connectivity index (χ3n) is 5.05. The molecule has 1 saturated heterocycles. The van der Waals surface area contributed by atoms with Gasteiger partial charge in [0.1, 0.15) is 17.2 Å². The van der Waals surface area contributed by atoms with Crippen molar-refractivity contribution in [2.75, 3.05) is 13.1 Å². The average molecular weight is 375 g/mol. The normalized spacial score (nSPS) is 15.7. The third-order valence-corrected chi connectivity index (χ3v) is 5.05. The van der Waals surface area contributed by atoms with Crippen molar-refractivity contribution in [3.05, 3.63) is 69.1 Å². The zero-order chi connectivity index (χ0) is 19.6. The van der Waals surface area contributed by atoms with E-state index in [0.717, 1.165) is 24.6 Å². The standard InChI is InChI=1S/C20H23F2N3O2/c1-13-3-4-18(20(27)24(13)2)19(26)23-17-5-7-25(8-6-17)12-14-9-15(21)11-16(22)10-14/h3-4,9-11,17H,5-8,12H2,1-2H3,(H,23,26). The fraction of sp³-hybridized carbons (Fsp3) is 0.400. The predicted molar refractivity (Wildman–Crippen MR) is 98.5 cm³/mol. The first-order valence-corrected chi connectivity index (χ1v) is 8.98. The number of nitrogens with zero attached hydrogens (tertiary/aromatic N) is 2. The van der Waals surface area contributed by atoms with Gasteiger partial charge in [-0.2, -0.15) is 0 Å². The number of hydrogen-bond donors (Lipinski definition) is 1. The predicted octanol–water partition coefficient (Wildman–Crippen LogP) is 2.37. The van der Waals surface area contributed by atoms with Crippen LogP contribution in [0, 0.1) is 18.6 Å². The first-order chi connectivity index (χ1) is 12.8. The van der Waals surface area contributed by atoms with E-state index in [-0.39, 0.29) is 23.1 Å². The number of likely N-dealkylation sites (tertiary alicyclic amines) is 1. The summed E-state index contributed by atoms with van der Waals surface area (Å²) in [5.74, 6) is -1.51. The number of nitrogens with one attached hydrogen (secondary N) is 1. The lowest BCUT2D eigenvalue weighted by Gasteiger charge is -2.32. The summed E-state index contributed by atoms with van der Waals surface area (Å²) >= 11 is 0. The quantitative estimate of drug-likeness (QED) is 0.893. The lowest BCUT2D eigenvalue weighted by atomic mass is 10.0. The topological polar surface area (TPSA) is 54.3 Å². The summed E-state index contributed by atoms with van der Waals surface area (Å²) in [5.41, 5.74) is 1.22. The summed E-state index contributed by atoms with van der Waals surface area (Å²) < 4.78 is 28.1. The molecule has 0 unspecified atom stereocenters. The highest BCUT2D eigenvalue weighted by Crippen LogP contribution is 2.16. The molecular formula is C20H23F2N3O2. The highest BCUT2D eigenvalue weighted by molar-refractivity contribution is 5.94. The van der Waals surface area contributed by atoms with Gasteiger partial charge in [-0.05, 0) is 49.6 Å². The summed E-state index contributed by atoms with van der Waals surface area (Å²) in [4.78, 5) is 26.7. The van der Waals surface area contributed by atoms with Gasteiger partial charge in [0.25, 0.3) is 11.5 Å². The Bertz CT molecular complexity index is 882. The number of piperidine rings is 1. The van der Waals surface area contributed by atoms with E-state index in [1.807, 2.05) is 6.92 Å². The minimum Gasteiger partial charge on any atom is -0.349 e. The molecule has 0 spiro atoms. The van der Waals surface area contributed by atoms with Gasteiger partial charge in [0, 0.05) is 44.5 Å². The largest absolute Gasteiger partial charge is 0.349 e. The van der Waals surface area contributed by atoms with Crippen molar-refractivity contribution in [3.8, 4) is 0 Å². The molecule has 5 nitrogen and oxygen atoms in total. The zero-order valence-electron chi connectivity index (χ0n) is 15.5. The molecule has 1 N–H and O–H groups in total. The second kappa shape index (κ2) is 8.00. The molecule has 1 aromatic carbocycles. The minimum absolute atomic E-state index is 0.0241. The summed E-state index contributed by atoms with van der Waals surface area (Å²) in [5, 5.41) is 2.93. The number of carbonyl (C=O) groups excluding carboxylic acids is 1. The number of amides is 1. The second-order valence-corrected chi connectivity index (χ2v) is 7.05. The zero-order valence-corrected chi connectivity index (χ0v) is 15.5. The molecule has 0 bridgehead atoms. The molecule has 2 heterocycles. The summed E-state index contributed by atoms with van der Waals surface area (Å²) in [6, 6.07) is 6.82. The van der Waals surface area contributed by atoms with Crippen LogP contribution in [0.2, 0.25) is 0 Å². The van der Waals surface area contributed by atoms with Crippen LogP contribution < -0.4 is 10.9 Å². The molecule has 1 aliphatic heterocycles. The molecule has 3 rings (SSSR count). The van der Waals surface area contributed by atoms with Crippen molar-refractivity contribution in [1.82, 2.24) is 14.8 Å². The van der Waals surface area contributed by atoms with E-state index in [2.05, 4.69) is 10.2 Å². The molecule has 1 amide bonds. The molecule has 144 valence electrons. The van der Waals surface area contributed by atoms with Crippen LogP contribution in [-0.2, 0) is 13.6 Å². The van der Waals surface area contributed by atoms with E-state index in [1.54, 1.807) is 19.2 Å². The van der Waals surface area contributed by atoms with Gasteiger partial charge in [0.2, 0.25) is 0 Å². The van der Waals surface area contributed by atoms with Crippen LogP contribution >= 0.6 is 0 Å². The van der Waals surface area contributed by atoms with Crippen molar-refractivity contribution in [2.45, 2.75) is 32.4 Å². The number of aryl methyl sites for hydroxylation is 1. The molecule has 7 heteroatoms. The van der Waals surface area contributed by atoms with E-state index in [4.69, 9.17) is 0 Å². The number of aromatic nitrogens is 1. The van der Waals surface area contributed by atoms with E-state index in [9.17, 15) is 18.4 Å². The Morgan fingerprint density at radius 2 is 1.78 bits per heavy atom. The van der Waals surface area contributed by atoms with Crippen molar-refractivity contribution in [2.24, 2.45) is 7.05 Å². The maximum Gasteiger partial charge on any atom is 0.263 e. The van der Waals surface area contributed by atoms with Crippen molar-refractivity contribution in [1.29, 1.82) is 0 Å². The molecule has 0 atom stereocenters. The van der Waals surface area contributed by atoms with Crippen LogP contribution in [0.25, 0.3) is 0 Å². The molecule has 0 saturated carbocycles. The van der Waals surface area contributed by atoms with Gasteiger partial charge in [-0.25, -0.2) is 8.78 Å². The van der Waals surface area contributed by atoms with Gasteiger partial charge in [-0.15, -0.1) is 0 Å². The molecule has 27 heavy (non-hydrogen) atoms. The average Bonchev–Trinajstić information content (AvgIpc) is 2.60. The SMILES string of the molecule is Cc1ccc(C(=O)NC2CCN(Cc3cc(F)cc(F)c3)CC2)c(=O)n1C. The molecule has 1 aromatic heterocycles. The Hall–Kier alpha value is -2.54. The van der Waals surface area contributed by atoms with Crippen molar-refractivity contribution >= 4 is 5.91 Å². The van der Waals surface area contributed by atoms with Gasteiger partial charge in [-0.3, -0.25) is 14.5 Å². The molecular weight excluding hydrogens is 352 g/mol. The van der Waals surface area contributed by atoms with Gasteiger partial charge < -0.3 is 9.88 Å². The molecule has 2 aromatic rings. The van der Waals surface area contributed by atoms with E-state index in [0.29, 0.717) is 25.2 Å². The number of pyridine rings is 1. The maximum atomic E-state index is 13.3. The van der Waals surface area contributed by atoms with Gasteiger partial charge >= 0.3 is 0 Å². The number of hydrogen-bond acceptors (Lipinski definition) is 3. The molecule has 1 aliphatic rings. The molecule has 0 radical (unpaired) electrons. The Labute approximate surface area is 156 Å². The van der Waals surface area contributed by atoms with Crippen LogP contribution in [0.5, 0.6) is 0 Å². The Morgan fingerprint density at radius 1 is 1.15 bits per heavy atom. The first kappa shape index (κ1) is 19.2. The lowest BCUT2D eigenvalue weighted by molar-refractivity contribution is 0.0906. The smallest absolute Gasteiger partial charge is 0.263 e. The van der Waals surface area contributed by atoms with Crippen LogP contribution in [-0.4, -0.2) is 34.5 Å².